The maximum atomic E-state index is 12.5. The van der Waals surface area contributed by atoms with Crippen LogP contribution < -0.4 is 5.32 Å². The third kappa shape index (κ3) is 3.06. The molecular formula is C19H16N4O3. The van der Waals surface area contributed by atoms with Gasteiger partial charge in [-0.1, -0.05) is 24.3 Å². The minimum Gasteiger partial charge on any atom is -0.448 e. The van der Waals surface area contributed by atoms with E-state index in [0.717, 1.165) is 11.1 Å². The van der Waals surface area contributed by atoms with Gasteiger partial charge in [0.25, 0.3) is 5.91 Å². The summed E-state index contributed by atoms with van der Waals surface area (Å²) in [7, 11) is 0. The summed E-state index contributed by atoms with van der Waals surface area (Å²) in [6, 6.07) is 12.6. The summed E-state index contributed by atoms with van der Waals surface area (Å²) >= 11 is 0. The number of aromatic nitrogens is 3. The van der Waals surface area contributed by atoms with Crippen LogP contribution in [-0.2, 0) is 22.5 Å². The van der Waals surface area contributed by atoms with Crippen LogP contribution in [0.4, 0.5) is 0 Å². The third-order valence-electron chi connectivity index (χ3n) is 4.23. The molecule has 1 aromatic carbocycles. The van der Waals surface area contributed by atoms with Gasteiger partial charge in [0, 0.05) is 37.1 Å². The van der Waals surface area contributed by atoms with Crippen molar-refractivity contribution in [1.29, 1.82) is 0 Å². The van der Waals surface area contributed by atoms with Gasteiger partial charge in [-0.25, -0.2) is 14.5 Å². The van der Waals surface area contributed by atoms with E-state index in [0.29, 0.717) is 17.8 Å². The maximum absolute atomic E-state index is 12.5. The number of hydrogen-bond acceptors (Lipinski definition) is 5. The van der Waals surface area contributed by atoms with Gasteiger partial charge >= 0.3 is 5.97 Å². The Kier molecular flexibility index (Phi) is 4.18. The third-order valence-corrected chi connectivity index (χ3v) is 4.23. The van der Waals surface area contributed by atoms with Gasteiger partial charge in [-0.15, -0.1) is 0 Å². The number of hydrogen-bond donors (Lipinski definition) is 1. The van der Waals surface area contributed by atoms with Crippen LogP contribution in [0.5, 0.6) is 0 Å². The van der Waals surface area contributed by atoms with Gasteiger partial charge in [0.1, 0.15) is 0 Å². The van der Waals surface area contributed by atoms with Crippen LogP contribution in [0.1, 0.15) is 21.5 Å². The second-order valence-corrected chi connectivity index (χ2v) is 5.91. The number of pyridine rings is 1. The molecule has 1 N–H and O–H groups in total. The molecule has 0 unspecified atom stereocenters. The molecule has 0 radical (unpaired) electrons. The van der Waals surface area contributed by atoms with Gasteiger partial charge in [0.15, 0.2) is 11.9 Å². The van der Waals surface area contributed by atoms with Crippen LogP contribution in [0.2, 0.25) is 0 Å². The number of amides is 1. The Balaban J connectivity index is 1.47. The summed E-state index contributed by atoms with van der Waals surface area (Å²) in [5.41, 5.74) is 2.15. The van der Waals surface area contributed by atoms with Crippen molar-refractivity contribution in [2.75, 3.05) is 0 Å². The summed E-state index contributed by atoms with van der Waals surface area (Å²) in [4.78, 5) is 28.9. The largest absolute Gasteiger partial charge is 0.448 e. The van der Waals surface area contributed by atoms with Gasteiger partial charge in [-0.05, 0) is 23.8 Å². The quantitative estimate of drug-likeness (QED) is 0.725. The summed E-state index contributed by atoms with van der Waals surface area (Å²) in [6.07, 6.45) is 4.65. The Morgan fingerprint density at radius 2 is 2.08 bits per heavy atom. The number of nitrogens with zero attached hydrogens (tertiary/aromatic N) is 3. The monoisotopic (exact) mass is 348 g/mol. The van der Waals surface area contributed by atoms with Gasteiger partial charge in [0.2, 0.25) is 0 Å². The molecule has 0 bridgehead atoms. The Morgan fingerprint density at radius 1 is 1.19 bits per heavy atom. The average Bonchev–Trinajstić information content (AvgIpc) is 3.21. The van der Waals surface area contributed by atoms with Gasteiger partial charge < -0.3 is 10.1 Å². The number of cyclic esters (lactones) is 1. The summed E-state index contributed by atoms with van der Waals surface area (Å²) in [6.45, 7) is 0.261. The van der Waals surface area contributed by atoms with Crippen LogP contribution in [0.15, 0.2) is 61.1 Å². The SMILES string of the molecule is O=C1O[C@H](C(=O)NCc2cccnc2-n2cccn2)Cc2ccccc21. The number of fused-ring (bicyclic) bond motifs is 1. The molecule has 1 atom stereocenters. The standard InChI is InChI=1S/C19H16N4O3/c24-18(16-11-13-5-1-2-7-15(13)19(25)26-16)21-12-14-6-3-8-20-17(14)23-10-4-9-22-23/h1-10,16H,11-12H2,(H,21,24)/t16-/m0/s1. The van der Waals surface area contributed by atoms with E-state index in [1.807, 2.05) is 18.2 Å². The molecule has 0 saturated heterocycles. The molecule has 26 heavy (non-hydrogen) atoms. The number of rotatable bonds is 4. The zero-order chi connectivity index (χ0) is 17.9. The van der Waals surface area contributed by atoms with E-state index in [-0.39, 0.29) is 12.5 Å². The Hall–Kier alpha value is -3.48. The zero-order valence-corrected chi connectivity index (χ0v) is 13.8. The van der Waals surface area contributed by atoms with Crippen molar-refractivity contribution in [3.63, 3.8) is 0 Å². The molecule has 130 valence electrons. The van der Waals surface area contributed by atoms with Gasteiger partial charge in [-0.2, -0.15) is 5.10 Å². The molecule has 0 saturated carbocycles. The molecule has 0 aliphatic carbocycles. The summed E-state index contributed by atoms with van der Waals surface area (Å²) in [5.74, 6) is -0.155. The summed E-state index contributed by atoms with van der Waals surface area (Å²) < 4.78 is 6.92. The van der Waals surface area contributed by atoms with Crippen LogP contribution in [0.25, 0.3) is 5.82 Å². The summed E-state index contributed by atoms with van der Waals surface area (Å²) in [5, 5.41) is 7.00. The van der Waals surface area contributed by atoms with E-state index in [2.05, 4.69) is 15.4 Å². The first kappa shape index (κ1) is 16.0. The predicted molar refractivity (Wildman–Crippen MR) is 92.6 cm³/mol. The highest BCUT2D eigenvalue weighted by atomic mass is 16.5. The fraction of sp³-hybridized carbons (Fsp3) is 0.158. The fourth-order valence-corrected chi connectivity index (χ4v) is 2.94. The van der Waals surface area contributed by atoms with Crippen LogP contribution in [0, 0.1) is 0 Å². The molecule has 0 fully saturated rings. The Morgan fingerprint density at radius 3 is 2.92 bits per heavy atom. The highest BCUT2D eigenvalue weighted by molar-refractivity contribution is 5.95. The maximum Gasteiger partial charge on any atom is 0.339 e. The van der Waals surface area contributed by atoms with Crippen molar-refractivity contribution in [1.82, 2.24) is 20.1 Å². The van der Waals surface area contributed by atoms with Crippen molar-refractivity contribution in [3.8, 4) is 5.82 Å². The van der Waals surface area contributed by atoms with Crippen LogP contribution >= 0.6 is 0 Å². The predicted octanol–water partition coefficient (Wildman–Crippen LogP) is 1.67. The van der Waals surface area contributed by atoms with Gasteiger partial charge in [-0.3, -0.25) is 4.79 Å². The normalized spacial score (nSPS) is 15.8. The molecule has 1 aliphatic rings. The fourth-order valence-electron chi connectivity index (χ4n) is 2.94. The van der Waals surface area contributed by atoms with E-state index in [9.17, 15) is 9.59 Å². The molecule has 4 rings (SSSR count). The average molecular weight is 348 g/mol. The highest BCUT2D eigenvalue weighted by Gasteiger charge is 2.30. The second-order valence-electron chi connectivity index (χ2n) is 5.91. The van der Waals surface area contributed by atoms with E-state index >= 15 is 0 Å². The minimum atomic E-state index is -0.831. The number of carbonyl (C=O) groups is 2. The number of ether oxygens (including phenoxy) is 1. The molecule has 7 nitrogen and oxygen atoms in total. The number of esters is 1. The molecule has 1 amide bonds. The topological polar surface area (TPSA) is 86.1 Å². The first-order valence-electron chi connectivity index (χ1n) is 8.23. The smallest absolute Gasteiger partial charge is 0.339 e. The lowest BCUT2D eigenvalue weighted by atomic mass is 9.98. The van der Waals surface area contributed by atoms with E-state index in [1.54, 1.807) is 47.5 Å². The Bertz CT molecular complexity index is 953. The first-order valence-corrected chi connectivity index (χ1v) is 8.23. The van der Waals surface area contributed by atoms with Crippen LogP contribution in [-0.4, -0.2) is 32.7 Å². The molecular weight excluding hydrogens is 332 g/mol. The molecule has 1 aliphatic heterocycles. The number of nitrogens with one attached hydrogen (secondary N) is 1. The van der Waals surface area contributed by atoms with E-state index in [1.165, 1.54) is 0 Å². The van der Waals surface area contributed by atoms with Crippen molar-refractivity contribution in [2.24, 2.45) is 0 Å². The Labute approximate surface area is 149 Å². The first-order chi connectivity index (χ1) is 12.7. The minimum absolute atomic E-state index is 0.261. The lowest BCUT2D eigenvalue weighted by molar-refractivity contribution is -0.130. The van der Waals surface area contributed by atoms with Crippen molar-refractivity contribution in [3.05, 3.63) is 77.7 Å². The van der Waals surface area contributed by atoms with Crippen molar-refractivity contribution in [2.45, 2.75) is 19.1 Å². The highest BCUT2D eigenvalue weighted by Crippen LogP contribution is 2.20. The number of benzene rings is 1. The van der Waals surface area contributed by atoms with E-state index < -0.39 is 12.1 Å². The number of carbonyl (C=O) groups excluding carboxylic acids is 2. The molecule has 3 aromatic rings. The van der Waals surface area contributed by atoms with Crippen molar-refractivity contribution < 1.29 is 14.3 Å². The molecule has 0 spiro atoms. The second kappa shape index (κ2) is 6.79. The lowest BCUT2D eigenvalue weighted by Gasteiger charge is -2.23. The molecule has 3 heterocycles. The zero-order valence-electron chi connectivity index (χ0n) is 13.8. The van der Waals surface area contributed by atoms with Crippen molar-refractivity contribution >= 4 is 11.9 Å². The van der Waals surface area contributed by atoms with Crippen LogP contribution in [0.3, 0.4) is 0 Å². The van der Waals surface area contributed by atoms with Gasteiger partial charge in [0.05, 0.1) is 5.56 Å². The lowest BCUT2D eigenvalue weighted by Crippen LogP contribution is -2.41. The molecule has 7 heteroatoms. The molecule has 2 aromatic heterocycles. The van der Waals surface area contributed by atoms with E-state index in [4.69, 9.17) is 4.74 Å².